The highest BCUT2D eigenvalue weighted by atomic mass is 15.3. The van der Waals surface area contributed by atoms with Gasteiger partial charge in [0.1, 0.15) is 0 Å². The Morgan fingerprint density at radius 3 is 2.07 bits per heavy atom. The maximum Gasteiger partial charge on any atom is 0.0110 e. The molecule has 1 aliphatic heterocycles. The number of hydrogen-bond donors (Lipinski definition) is 1. The smallest absolute Gasteiger partial charge is 0.0110 e. The molecular weight excluding hydrogens is 186 g/mol. The Kier molecular flexibility index (Phi) is 6.98. The summed E-state index contributed by atoms with van der Waals surface area (Å²) < 4.78 is 0. The SMILES string of the molecule is CCCN1CCN(CCCCNC)CC1. The monoisotopic (exact) mass is 213 g/mol. The third kappa shape index (κ3) is 5.50. The van der Waals surface area contributed by atoms with E-state index in [0.29, 0.717) is 0 Å². The molecule has 0 atom stereocenters. The van der Waals surface area contributed by atoms with Crippen molar-refractivity contribution in [1.82, 2.24) is 15.1 Å². The zero-order valence-corrected chi connectivity index (χ0v) is 10.5. The molecule has 15 heavy (non-hydrogen) atoms. The van der Waals surface area contributed by atoms with E-state index in [1.807, 2.05) is 7.05 Å². The zero-order chi connectivity index (χ0) is 10.9. The van der Waals surface area contributed by atoms with E-state index in [4.69, 9.17) is 0 Å². The van der Waals surface area contributed by atoms with Gasteiger partial charge in [-0.1, -0.05) is 6.92 Å². The summed E-state index contributed by atoms with van der Waals surface area (Å²) in [6, 6.07) is 0. The molecule has 0 radical (unpaired) electrons. The Morgan fingerprint density at radius 2 is 1.53 bits per heavy atom. The third-order valence-corrected chi connectivity index (χ3v) is 3.16. The molecule has 1 rings (SSSR count). The highest BCUT2D eigenvalue weighted by molar-refractivity contribution is 4.71. The van der Waals surface area contributed by atoms with Gasteiger partial charge < -0.3 is 15.1 Å². The van der Waals surface area contributed by atoms with Crippen LogP contribution in [0.5, 0.6) is 0 Å². The Bertz CT molecular complexity index is 139. The van der Waals surface area contributed by atoms with Crippen LogP contribution in [0.25, 0.3) is 0 Å². The van der Waals surface area contributed by atoms with E-state index in [0.717, 1.165) is 6.54 Å². The second-order valence-corrected chi connectivity index (χ2v) is 4.49. The van der Waals surface area contributed by atoms with E-state index in [1.54, 1.807) is 0 Å². The minimum absolute atomic E-state index is 1.16. The van der Waals surface area contributed by atoms with Crippen LogP contribution in [0.1, 0.15) is 26.2 Å². The molecule has 0 aromatic rings. The van der Waals surface area contributed by atoms with E-state index in [2.05, 4.69) is 22.0 Å². The molecule has 0 bridgehead atoms. The summed E-state index contributed by atoms with van der Waals surface area (Å²) in [5.41, 5.74) is 0. The molecular formula is C12H27N3. The average Bonchev–Trinajstić information content (AvgIpc) is 2.27. The van der Waals surface area contributed by atoms with Gasteiger partial charge in [-0.25, -0.2) is 0 Å². The maximum atomic E-state index is 3.20. The van der Waals surface area contributed by atoms with Crippen LogP contribution in [0.2, 0.25) is 0 Å². The molecule has 0 aromatic carbocycles. The van der Waals surface area contributed by atoms with Gasteiger partial charge in [-0.05, 0) is 45.9 Å². The van der Waals surface area contributed by atoms with Crippen LogP contribution >= 0.6 is 0 Å². The van der Waals surface area contributed by atoms with Crippen molar-refractivity contribution in [3.05, 3.63) is 0 Å². The first-order chi connectivity index (χ1) is 7.36. The number of rotatable bonds is 7. The van der Waals surface area contributed by atoms with Gasteiger partial charge >= 0.3 is 0 Å². The predicted octanol–water partition coefficient (Wildman–Crippen LogP) is 1.01. The molecule has 3 heteroatoms. The molecule has 1 heterocycles. The topological polar surface area (TPSA) is 18.5 Å². The first-order valence-corrected chi connectivity index (χ1v) is 6.46. The van der Waals surface area contributed by atoms with E-state index >= 15 is 0 Å². The zero-order valence-electron chi connectivity index (χ0n) is 10.5. The van der Waals surface area contributed by atoms with Crippen molar-refractivity contribution in [2.24, 2.45) is 0 Å². The Balaban J connectivity index is 1.99. The van der Waals surface area contributed by atoms with Crippen molar-refractivity contribution < 1.29 is 0 Å². The van der Waals surface area contributed by atoms with Crippen LogP contribution in [-0.2, 0) is 0 Å². The summed E-state index contributed by atoms with van der Waals surface area (Å²) >= 11 is 0. The molecule has 1 fully saturated rings. The van der Waals surface area contributed by atoms with E-state index in [-0.39, 0.29) is 0 Å². The van der Waals surface area contributed by atoms with Crippen LogP contribution in [-0.4, -0.2) is 62.7 Å². The van der Waals surface area contributed by atoms with Crippen molar-refractivity contribution in [3.63, 3.8) is 0 Å². The molecule has 1 saturated heterocycles. The van der Waals surface area contributed by atoms with Crippen molar-refractivity contribution >= 4 is 0 Å². The lowest BCUT2D eigenvalue weighted by Crippen LogP contribution is -2.46. The Labute approximate surface area is 94.8 Å². The fraction of sp³-hybridized carbons (Fsp3) is 1.00. The summed E-state index contributed by atoms with van der Waals surface area (Å²) in [7, 11) is 2.03. The highest BCUT2D eigenvalue weighted by Crippen LogP contribution is 2.03. The summed E-state index contributed by atoms with van der Waals surface area (Å²) in [5, 5.41) is 3.20. The van der Waals surface area contributed by atoms with E-state index in [1.165, 1.54) is 58.5 Å². The first kappa shape index (κ1) is 12.9. The van der Waals surface area contributed by atoms with Gasteiger partial charge in [0.2, 0.25) is 0 Å². The maximum absolute atomic E-state index is 3.20. The van der Waals surface area contributed by atoms with E-state index < -0.39 is 0 Å². The lowest BCUT2D eigenvalue weighted by Gasteiger charge is -2.34. The second kappa shape index (κ2) is 8.08. The highest BCUT2D eigenvalue weighted by Gasteiger charge is 2.14. The molecule has 0 unspecified atom stereocenters. The normalized spacial score (nSPS) is 19.6. The van der Waals surface area contributed by atoms with Gasteiger partial charge in [-0.2, -0.15) is 0 Å². The molecule has 1 aliphatic rings. The van der Waals surface area contributed by atoms with Gasteiger partial charge in [0.25, 0.3) is 0 Å². The lowest BCUT2D eigenvalue weighted by molar-refractivity contribution is 0.131. The number of hydrogen-bond acceptors (Lipinski definition) is 3. The number of nitrogens with one attached hydrogen (secondary N) is 1. The minimum atomic E-state index is 1.16. The van der Waals surface area contributed by atoms with Gasteiger partial charge in [-0.15, -0.1) is 0 Å². The van der Waals surface area contributed by atoms with Crippen molar-refractivity contribution in [2.75, 3.05) is 52.9 Å². The molecule has 1 N–H and O–H groups in total. The molecule has 0 saturated carbocycles. The van der Waals surface area contributed by atoms with E-state index in [9.17, 15) is 0 Å². The fourth-order valence-electron chi connectivity index (χ4n) is 2.19. The van der Waals surface area contributed by atoms with Gasteiger partial charge in [0.15, 0.2) is 0 Å². The summed E-state index contributed by atoms with van der Waals surface area (Å²) in [5.74, 6) is 0. The third-order valence-electron chi connectivity index (χ3n) is 3.16. The van der Waals surface area contributed by atoms with Gasteiger partial charge in [-0.3, -0.25) is 0 Å². The fourth-order valence-corrected chi connectivity index (χ4v) is 2.19. The van der Waals surface area contributed by atoms with Crippen molar-refractivity contribution in [2.45, 2.75) is 26.2 Å². The number of nitrogens with zero attached hydrogens (tertiary/aromatic N) is 2. The summed E-state index contributed by atoms with van der Waals surface area (Å²) in [6.45, 7) is 11.1. The van der Waals surface area contributed by atoms with Crippen LogP contribution in [0.15, 0.2) is 0 Å². The molecule has 90 valence electrons. The van der Waals surface area contributed by atoms with Crippen molar-refractivity contribution in [3.8, 4) is 0 Å². The van der Waals surface area contributed by atoms with Crippen LogP contribution < -0.4 is 5.32 Å². The Hall–Kier alpha value is -0.120. The predicted molar refractivity (Wildman–Crippen MR) is 66.3 cm³/mol. The van der Waals surface area contributed by atoms with Crippen molar-refractivity contribution in [1.29, 1.82) is 0 Å². The van der Waals surface area contributed by atoms with Crippen LogP contribution in [0.4, 0.5) is 0 Å². The van der Waals surface area contributed by atoms with Crippen LogP contribution in [0.3, 0.4) is 0 Å². The summed E-state index contributed by atoms with van der Waals surface area (Å²) in [4.78, 5) is 5.20. The van der Waals surface area contributed by atoms with Gasteiger partial charge in [0, 0.05) is 26.2 Å². The summed E-state index contributed by atoms with van der Waals surface area (Å²) in [6.07, 6.45) is 3.95. The van der Waals surface area contributed by atoms with Gasteiger partial charge in [0.05, 0.1) is 0 Å². The first-order valence-electron chi connectivity index (χ1n) is 6.46. The molecule has 0 spiro atoms. The molecule has 3 nitrogen and oxygen atoms in total. The number of unbranched alkanes of at least 4 members (excludes halogenated alkanes) is 1. The molecule has 0 aliphatic carbocycles. The van der Waals surface area contributed by atoms with Crippen LogP contribution in [0, 0.1) is 0 Å². The minimum Gasteiger partial charge on any atom is -0.320 e. The Morgan fingerprint density at radius 1 is 0.933 bits per heavy atom. The average molecular weight is 213 g/mol. The number of piperazine rings is 1. The standard InChI is InChI=1S/C12H27N3/c1-3-7-14-9-11-15(12-10-14)8-5-4-6-13-2/h13H,3-12H2,1-2H3. The lowest BCUT2D eigenvalue weighted by atomic mass is 10.2. The largest absolute Gasteiger partial charge is 0.320 e. The molecule has 0 aromatic heterocycles. The molecule has 0 amide bonds. The quantitative estimate of drug-likeness (QED) is 0.637. The second-order valence-electron chi connectivity index (χ2n) is 4.49.